The SMILES string of the molecule is COc1ccc(CNC(=O)CCCC(=O)c2ccc(F)cc2)cc1OC. The summed E-state index contributed by atoms with van der Waals surface area (Å²) in [4.78, 5) is 23.9. The van der Waals surface area contributed by atoms with Crippen LogP contribution in [0.25, 0.3) is 0 Å². The predicted octanol–water partition coefficient (Wildman–Crippen LogP) is 3.51. The maximum Gasteiger partial charge on any atom is 0.220 e. The molecule has 5 nitrogen and oxygen atoms in total. The third-order valence-electron chi connectivity index (χ3n) is 3.91. The van der Waals surface area contributed by atoms with Gasteiger partial charge in [0.15, 0.2) is 17.3 Å². The highest BCUT2D eigenvalue weighted by atomic mass is 19.1. The fourth-order valence-electron chi connectivity index (χ4n) is 2.47. The monoisotopic (exact) mass is 359 g/mol. The van der Waals surface area contributed by atoms with E-state index in [0.29, 0.717) is 30.0 Å². The highest BCUT2D eigenvalue weighted by Gasteiger charge is 2.09. The molecule has 0 unspecified atom stereocenters. The Labute approximate surface area is 152 Å². The van der Waals surface area contributed by atoms with Gasteiger partial charge in [0.1, 0.15) is 5.82 Å². The van der Waals surface area contributed by atoms with Crippen molar-refractivity contribution in [1.82, 2.24) is 5.32 Å². The molecule has 0 fully saturated rings. The van der Waals surface area contributed by atoms with Crippen LogP contribution in [0.4, 0.5) is 4.39 Å². The predicted molar refractivity (Wildman–Crippen MR) is 96.0 cm³/mol. The summed E-state index contributed by atoms with van der Waals surface area (Å²) >= 11 is 0. The minimum absolute atomic E-state index is 0.0994. The van der Waals surface area contributed by atoms with Gasteiger partial charge in [0.2, 0.25) is 5.91 Å². The number of carbonyl (C=O) groups is 2. The molecule has 1 amide bonds. The average molecular weight is 359 g/mol. The fourth-order valence-corrected chi connectivity index (χ4v) is 2.47. The van der Waals surface area contributed by atoms with Gasteiger partial charge in [-0.15, -0.1) is 0 Å². The normalized spacial score (nSPS) is 10.3. The molecule has 0 aliphatic heterocycles. The lowest BCUT2D eigenvalue weighted by atomic mass is 10.1. The number of nitrogens with one attached hydrogen (secondary N) is 1. The molecule has 2 aromatic rings. The van der Waals surface area contributed by atoms with Crippen LogP contribution in [0.15, 0.2) is 42.5 Å². The smallest absolute Gasteiger partial charge is 0.220 e. The number of halogens is 1. The highest BCUT2D eigenvalue weighted by molar-refractivity contribution is 5.96. The summed E-state index contributed by atoms with van der Waals surface area (Å²) in [6.07, 6.45) is 0.934. The Bertz CT molecular complexity index is 759. The largest absolute Gasteiger partial charge is 0.493 e. The van der Waals surface area contributed by atoms with Gasteiger partial charge < -0.3 is 14.8 Å². The van der Waals surface area contributed by atoms with E-state index in [0.717, 1.165) is 5.56 Å². The van der Waals surface area contributed by atoms with Gasteiger partial charge in [-0.2, -0.15) is 0 Å². The topological polar surface area (TPSA) is 64.6 Å². The van der Waals surface area contributed by atoms with Gasteiger partial charge in [0.05, 0.1) is 14.2 Å². The van der Waals surface area contributed by atoms with E-state index in [1.165, 1.54) is 24.3 Å². The van der Waals surface area contributed by atoms with Crippen molar-refractivity contribution in [2.45, 2.75) is 25.8 Å². The molecule has 26 heavy (non-hydrogen) atoms. The van der Waals surface area contributed by atoms with Crippen LogP contribution in [0.3, 0.4) is 0 Å². The summed E-state index contributed by atoms with van der Waals surface area (Å²) in [6, 6.07) is 10.8. The molecule has 0 bridgehead atoms. The first-order chi connectivity index (χ1) is 12.5. The first kappa shape index (κ1) is 19.4. The van der Waals surface area contributed by atoms with E-state index in [2.05, 4.69) is 5.32 Å². The Morgan fingerprint density at radius 3 is 2.31 bits per heavy atom. The van der Waals surface area contributed by atoms with E-state index in [4.69, 9.17) is 9.47 Å². The summed E-state index contributed by atoms with van der Waals surface area (Å²) in [5, 5.41) is 2.81. The minimum Gasteiger partial charge on any atom is -0.493 e. The van der Waals surface area contributed by atoms with Crippen LogP contribution < -0.4 is 14.8 Å². The molecule has 138 valence electrons. The zero-order valence-electron chi connectivity index (χ0n) is 14.9. The number of Topliss-reactive ketones (excluding diaryl/α,β-unsaturated/α-hetero) is 1. The molecule has 0 radical (unpaired) electrons. The third-order valence-corrected chi connectivity index (χ3v) is 3.91. The number of benzene rings is 2. The number of hydrogen-bond acceptors (Lipinski definition) is 4. The molecule has 0 aliphatic carbocycles. The molecule has 0 aliphatic rings. The maximum absolute atomic E-state index is 12.8. The Hall–Kier alpha value is -2.89. The summed E-state index contributed by atoms with van der Waals surface area (Å²) in [5.41, 5.74) is 1.34. The molecule has 0 saturated heterocycles. The minimum atomic E-state index is -0.379. The second-order valence-corrected chi connectivity index (χ2v) is 5.75. The van der Waals surface area contributed by atoms with Crippen LogP contribution >= 0.6 is 0 Å². The second-order valence-electron chi connectivity index (χ2n) is 5.75. The van der Waals surface area contributed by atoms with Crippen LogP contribution in [0, 0.1) is 5.82 Å². The van der Waals surface area contributed by atoms with Crippen LogP contribution in [0.5, 0.6) is 11.5 Å². The van der Waals surface area contributed by atoms with Gasteiger partial charge in [-0.05, 0) is 48.4 Å². The summed E-state index contributed by atoms with van der Waals surface area (Å²) < 4.78 is 23.2. The van der Waals surface area contributed by atoms with Gasteiger partial charge in [-0.3, -0.25) is 9.59 Å². The maximum atomic E-state index is 12.8. The van der Waals surface area contributed by atoms with Crippen LogP contribution in [-0.4, -0.2) is 25.9 Å². The van der Waals surface area contributed by atoms with E-state index in [1.807, 2.05) is 6.07 Å². The van der Waals surface area contributed by atoms with Crippen LogP contribution in [0.1, 0.15) is 35.2 Å². The molecule has 2 rings (SSSR count). The lowest BCUT2D eigenvalue weighted by Gasteiger charge is -2.10. The van der Waals surface area contributed by atoms with Gasteiger partial charge >= 0.3 is 0 Å². The highest BCUT2D eigenvalue weighted by Crippen LogP contribution is 2.27. The Morgan fingerprint density at radius 2 is 1.65 bits per heavy atom. The molecule has 0 aromatic heterocycles. The molecule has 6 heteroatoms. The second kappa shape index (κ2) is 9.56. The van der Waals surface area contributed by atoms with E-state index < -0.39 is 0 Å². The average Bonchev–Trinajstić information content (AvgIpc) is 2.66. The van der Waals surface area contributed by atoms with Crippen LogP contribution in [0.2, 0.25) is 0 Å². The lowest BCUT2D eigenvalue weighted by molar-refractivity contribution is -0.121. The van der Waals surface area contributed by atoms with Crippen LogP contribution in [-0.2, 0) is 11.3 Å². The summed E-state index contributed by atoms with van der Waals surface area (Å²) in [6.45, 7) is 0.366. The quantitative estimate of drug-likeness (QED) is 0.696. The number of hydrogen-bond donors (Lipinski definition) is 1. The van der Waals surface area contributed by atoms with Gasteiger partial charge in [-0.1, -0.05) is 6.07 Å². The number of amides is 1. The standard InChI is InChI=1S/C20H22FNO4/c1-25-18-11-6-14(12-19(18)26-2)13-22-20(24)5-3-4-17(23)15-7-9-16(21)10-8-15/h6-12H,3-5,13H2,1-2H3,(H,22,24). The van der Waals surface area contributed by atoms with E-state index in [-0.39, 0.29) is 30.3 Å². The number of ether oxygens (including phenoxy) is 2. The van der Waals surface area contributed by atoms with Gasteiger partial charge in [0.25, 0.3) is 0 Å². The molecular formula is C20H22FNO4. The molecule has 0 saturated carbocycles. The zero-order chi connectivity index (χ0) is 18.9. The first-order valence-electron chi connectivity index (χ1n) is 8.30. The number of methoxy groups -OCH3 is 2. The Morgan fingerprint density at radius 1 is 0.962 bits per heavy atom. The summed E-state index contributed by atoms with van der Waals surface area (Å²) in [7, 11) is 3.12. The molecule has 0 atom stereocenters. The summed E-state index contributed by atoms with van der Waals surface area (Å²) in [5.74, 6) is 0.617. The van der Waals surface area contributed by atoms with Crippen molar-refractivity contribution in [1.29, 1.82) is 0 Å². The lowest BCUT2D eigenvalue weighted by Crippen LogP contribution is -2.22. The van der Waals surface area contributed by atoms with Crippen molar-refractivity contribution in [3.05, 3.63) is 59.4 Å². The van der Waals surface area contributed by atoms with Crippen molar-refractivity contribution in [3.8, 4) is 11.5 Å². The van der Waals surface area contributed by atoms with Gasteiger partial charge in [0, 0.05) is 24.9 Å². The van der Waals surface area contributed by atoms with E-state index in [9.17, 15) is 14.0 Å². The number of carbonyl (C=O) groups excluding carboxylic acids is 2. The van der Waals surface area contributed by atoms with Crippen molar-refractivity contribution < 1.29 is 23.5 Å². The Balaban J connectivity index is 1.75. The fraction of sp³-hybridized carbons (Fsp3) is 0.300. The number of ketones is 1. The Kier molecular flexibility index (Phi) is 7.14. The number of rotatable bonds is 9. The molecule has 1 N–H and O–H groups in total. The van der Waals surface area contributed by atoms with Crippen molar-refractivity contribution >= 4 is 11.7 Å². The molecule has 2 aromatic carbocycles. The molecular weight excluding hydrogens is 337 g/mol. The first-order valence-corrected chi connectivity index (χ1v) is 8.30. The molecule has 0 spiro atoms. The molecule has 0 heterocycles. The van der Waals surface area contributed by atoms with Gasteiger partial charge in [-0.25, -0.2) is 4.39 Å². The van der Waals surface area contributed by atoms with Crippen molar-refractivity contribution in [2.75, 3.05) is 14.2 Å². The van der Waals surface area contributed by atoms with Crippen molar-refractivity contribution in [3.63, 3.8) is 0 Å². The van der Waals surface area contributed by atoms with Crippen molar-refractivity contribution in [2.24, 2.45) is 0 Å². The van der Waals surface area contributed by atoms with E-state index in [1.54, 1.807) is 26.4 Å². The third kappa shape index (κ3) is 5.58. The zero-order valence-corrected chi connectivity index (χ0v) is 14.9. The van der Waals surface area contributed by atoms with E-state index >= 15 is 0 Å².